The number of nitrogens with zero attached hydrogens (tertiary/aromatic N) is 3. The molecule has 0 spiro atoms. The SMILES string of the molecule is CCCCc1ccc(NC(=O)CSc2nnc3c(Cl)cc(C(F)(F)F)cn23)cc1. The maximum absolute atomic E-state index is 13.0. The molecule has 1 N–H and O–H groups in total. The third-order valence-electron chi connectivity index (χ3n) is 4.14. The summed E-state index contributed by atoms with van der Waals surface area (Å²) in [4.78, 5) is 12.2. The predicted octanol–water partition coefficient (Wildman–Crippen LogP) is 5.47. The van der Waals surface area contributed by atoms with Crippen molar-refractivity contribution in [3.63, 3.8) is 0 Å². The number of nitrogens with one attached hydrogen (secondary N) is 1. The zero-order valence-electron chi connectivity index (χ0n) is 15.5. The number of alkyl halides is 3. The molecule has 0 aliphatic heterocycles. The molecule has 1 amide bonds. The van der Waals surface area contributed by atoms with Crippen molar-refractivity contribution in [3.05, 3.63) is 52.7 Å². The van der Waals surface area contributed by atoms with E-state index < -0.39 is 11.7 Å². The Morgan fingerprint density at radius 3 is 2.62 bits per heavy atom. The summed E-state index contributed by atoms with van der Waals surface area (Å²) in [7, 11) is 0. The number of unbranched alkanes of at least 4 members (excludes halogenated alkanes) is 1. The molecule has 0 saturated carbocycles. The van der Waals surface area contributed by atoms with Gasteiger partial charge in [0.2, 0.25) is 5.91 Å². The zero-order chi connectivity index (χ0) is 21.0. The van der Waals surface area contributed by atoms with Crippen molar-refractivity contribution in [1.29, 1.82) is 0 Å². The highest BCUT2D eigenvalue weighted by Gasteiger charge is 2.32. The number of anilines is 1. The Kier molecular flexibility index (Phi) is 6.69. The minimum atomic E-state index is -4.55. The van der Waals surface area contributed by atoms with Gasteiger partial charge >= 0.3 is 6.18 Å². The number of carbonyl (C=O) groups is 1. The number of halogens is 4. The Morgan fingerprint density at radius 1 is 1.24 bits per heavy atom. The summed E-state index contributed by atoms with van der Waals surface area (Å²) in [6.45, 7) is 2.13. The molecule has 1 aromatic carbocycles. The van der Waals surface area contributed by atoms with Crippen LogP contribution in [-0.4, -0.2) is 26.3 Å². The first-order chi connectivity index (χ1) is 13.8. The lowest BCUT2D eigenvalue weighted by molar-refractivity contribution is -0.137. The molecular formula is C19H18ClF3N4OS. The molecule has 3 aromatic rings. The van der Waals surface area contributed by atoms with Gasteiger partial charge in [-0.2, -0.15) is 13.2 Å². The Hall–Kier alpha value is -2.26. The Bertz CT molecular complexity index is 1010. The molecule has 10 heteroatoms. The highest BCUT2D eigenvalue weighted by Crippen LogP contribution is 2.33. The molecule has 0 fully saturated rings. The molecule has 2 aromatic heterocycles. The highest BCUT2D eigenvalue weighted by molar-refractivity contribution is 7.99. The van der Waals surface area contributed by atoms with Crippen LogP contribution in [0.25, 0.3) is 5.65 Å². The van der Waals surface area contributed by atoms with Gasteiger partial charge in [-0.1, -0.05) is 48.8 Å². The highest BCUT2D eigenvalue weighted by atomic mass is 35.5. The van der Waals surface area contributed by atoms with E-state index in [-0.39, 0.29) is 27.5 Å². The van der Waals surface area contributed by atoms with Gasteiger partial charge in [0.05, 0.1) is 16.3 Å². The third-order valence-corrected chi connectivity index (χ3v) is 5.37. The monoisotopic (exact) mass is 442 g/mol. The Morgan fingerprint density at radius 2 is 1.97 bits per heavy atom. The summed E-state index contributed by atoms with van der Waals surface area (Å²) < 4.78 is 40.2. The van der Waals surface area contributed by atoms with Gasteiger partial charge in [0.1, 0.15) is 0 Å². The molecule has 0 bridgehead atoms. The number of hydrogen-bond donors (Lipinski definition) is 1. The fourth-order valence-electron chi connectivity index (χ4n) is 2.65. The summed E-state index contributed by atoms with van der Waals surface area (Å²) in [5.41, 5.74) is 1.05. The average molecular weight is 443 g/mol. The van der Waals surface area contributed by atoms with E-state index in [1.807, 2.05) is 24.3 Å². The first-order valence-corrected chi connectivity index (χ1v) is 10.3. The van der Waals surface area contributed by atoms with Crippen molar-refractivity contribution >= 4 is 40.6 Å². The number of hydrogen-bond acceptors (Lipinski definition) is 4. The van der Waals surface area contributed by atoms with E-state index in [2.05, 4.69) is 22.4 Å². The van der Waals surface area contributed by atoms with Crippen LogP contribution in [0.4, 0.5) is 18.9 Å². The van der Waals surface area contributed by atoms with Gasteiger partial charge in [-0.05, 0) is 36.6 Å². The van der Waals surface area contributed by atoms with Crippen LogP contribution in [0.15, 0.2) is 41.7 Å². The fourth-order valence-corrected chi connectivity index (χ4v) is 3.61. The number of thioether (sulfide) groups is 1. The van der Waals surface area contributed by atoms with Gasteiger partial charge < -0.3 is 5.32 Å². The van der Waals surface area contributed by atoms with Crippen molar-refractivity contribution in [2.45, 2.75) is 37.5 Å². The molecule has 3 rings (SSSR count). The second-order valence-corrected chi connectivity index (χ2v) is 7.74. The van der Waals surface area contributed by atoms with E-state index in [1.54, 1.807) is 0 Å². The van der Waals surface area contributed by atoms with Crippen molar-refractivity contribution in [3.8, 4) is 0 Å². The molecule has 0 atom stereocenters. The molecule has 2 heterocycles. The fraction of sp³-hybridized carbons (Fsp3) is 0.316. The number of pyridine rings is 1. The molecule has 0 aliphatic rings. The quantitative estimate of drug-likeness (QED) is 0.492. The van der Waals surface area contributed by atoms with E-state index in [0.717, 1.165) is 47.7 Å². The van der Waals surface area contributed by atoms with Crippen LogP contribution in [0.2, 0.25) is 5.02 Å². The minimum absolute atomic E-state index is 0.0355. The van der Waals surface area contributed by atoms with Gasteiger partial charge in [-0.25, -0.2) is 0 Å². The summed E-state index contributed by atoms with van der Waals surface area (Å²) in [6, 6.07) is 8.39. The lowest BCUT2D eigenvalue weighted by Gasteiger charge is -2.09. The molecular weight excluding hydrogens is 425 g/mol. The second kappa shape index (κ2) is 9.04. The lowest BCUT2D eigenvalue weighted by Crippen LogP contribution is -2.14. The van der Waals surface area contributed by atoms with Crippen LogP contribution >= 0.6 is 23.4 Å². The van der Waals surface area contributed by atoms with E-state index >= 15 is 0 Å². The van der Waals surface area contributed by atoms with Gasteiger partial charge in [-0.3, -0.25) is 9.20 Å². The molecule has 0 radical (unpaired) electrons. The summed E-state index contributed by atoms with van der Waals surface area (Å²) in [5, 5.41) is 10.4. The van der Waals surface area contributed by atoms with E-state index in [4.69, 9.17) is 11.6 Å². The smallest absolute Gasteiger partial charge is 0.325 e. The van der Waals surface area contributed by atoms with Crippen molar-refractivity contribution < 1.29 is 18.0 Å². The minimum Gasteiger partial charge on any atom is -0.325 e. The first kappa shape index (κ1) is 21.4. The van der Waals surface area contributed by atoms with Crippen LogP contribution in [-0.2, 0) is 17.4 Å². The van der Waals surface area contributed by atoms with E-state index in [0.29, 0.717) is 5.69 Å². The second-order valence-electron chi connectivity index (χ2n) is 6.39. The van der Waals surface area contributed by atoms with Gasteiger partial charge in [0.25, 0.3) is 0 Å². The number of aryl methyl sites for hydroxylation is 1. The zero-order valence-corrected chi connectivity index (χ0v) is 17.0. The van der Waals surface area contributed by atoms with Gasteiger partial charge in [0, 0.05) is 11.9 Å². The topological polar surface area (TPSA) is 59.3 Å². The molecule has 0 aliphatic carbocycles. The number of carbonyl (C=O) groups excluding carboxylic acids is 1. The van der Waals surface area contributed by atoms with Gasteiger partial charge in [-0.15, -0.1) is 10.2 Å². The molecule has 5 nitrogen and oxygen atoms in total. The molecule has 154 valence electrons. The van der Waals surface area contributed by atoms with Crippen LogP contribution in [0.5, 0.6) is 0 Å². The first-order valence-electron chi connectivity index (χ1n) is 8.91. The Labute approximate surface area is 174 Å². The van der Waals surface area contributed by atoms with Crippen molar-refractivity contribution in [1.82, 2.24) is 14.6 Å². The van der Waals surface area contributed by atoms with E-state index in [1.165, 1.54) is 5.56 Å². The molecule has 29 heavy (non-hydrogen) atoms. The predicted molar refractivity (Wildman–Crippen MR) is 107 cm³/mol. The van der Waals surface area contributed by atoms with Gasteiger partial charge in [0.15, 0.2) is 10.8 Å². The average Bonchev–Trinajstić information content (AvgIpc) is 3.09. The number of rotatable bonds is 7. The normalized spacial score (nSPS) is 11.8. The molecule has 0 saturated heterocycles. The number of benzene rings is 1. The summed E-state index contributed by atoms with van der Waals surface area (Å²) in [6.07, 6.45) is -0.471. The number of fused-ring (bicyclic) bond motifs is 1. The van der Waals surface area contributed by atoms with Crippen LogP contribution in [0, 0.1) is 0 Å². The van der Waals surface area contributed by atoms with Crippen molar-refractivity contribution in [2.24, 2.45) is 0 Å². The van der Waals surface area contributed by atoms with Crippen molar-refractivity contribution in [2.75, 3.05) is 11.1 Å². The standard InChI is InChI=1S/C19H18ClF3N4OS/c1-2-3-4-12-5-7-14(8-6-12)24-16(28)11-29-18-26-25-17-15(20)9-13(10-27(17)18)19(21,22)23/h5-10H,2-4,11H2,1H3,(H,24,28). The largest absolute Gasteiger partial charge is 0.417 e. The number of amides is 1. The summed E-state index contributed by atoms with van der Waals surface area (Å²) >= 11 is 6.86. The lowest BCUT2D eigenvalue weighted by atomic mass is 10.1. The molecule has 0 unspecified atom stereocenters. The van der Waals surface area contributed by atoms with E-state index in [9.17, 15) is 18.0 Å². The third kappa shape index (κ3) is 5.42. The summed E-state index contributed by atoms with van der Waals surface area (Å²) in [5.74, 6) is -0.335. The maximum atomic E-state index is 13.0. The maximum Gasteiger partial charge on any atom is 0.417 e. The van der Waals surface area contributed by atoms with Crippen LogP contribution < -0.4 is 5.32 Å². The van der Waals surface area contributed by atoms with Crippen LogP contribution in [0.3, 0.4) is 0 Å². The van der Waals surface area contributed by atoms with Crippen LogP contribution in [0.1, 0.15) is 30.9 Å². The number of aromatic nitrogens is 3. The Balaban J connectivity index is 1.65.